The predicted molar refractivity (Wildman–Crippen MR) is 106 cm³/mol. The molecule has 0 radical (unpaired) electrons. The third-order valence-corrected chi connectivity index (χ3v) is 5.24. The third-order valence-electron chi connectivity index (χ3n) is 4.27. The van der Waals surface area contributed by atoms with E-state index in [1.165, 1.54) is 11.8 Å². The summed E-state index contributed by atoms with van der Waals surface area (Å²) in [6, 6.07) is 11.8. The fourth-order valence-electron chi connectivity index (χ4n) is 2.88. The smallest absolute Gasteiger partial charge is 0.230 e. The van der Waals surface area contributed by atoms with Gasteiger partial charge in [-0.3, -0.25) is 4.79 Å². The van der Waals surface area contributed by atoms with E-state index in [1.807, 2.05) is 50.2 Å². The first-order valence-corrected chi connectivity index (χ1v) is 10.0. The fourth-order valence-corrected chi connectivity index (χ4v) is 3.65. The monoisotopic (exact) mass is 384 g/mol. The molecule has 1 aromatic carbocycles. The van der Waals surface area contributed by atoms with Crippen molar-refractivity contribution in [3.8, 4) is 11.4 Å². The summed E-state index contributed by atoms with van der Waals surface area (Å²) in [6.07, 6.45) is 2.60. The molecule has 1 atom stereocenters. The molecule has 0 aliphatic heterocycles. The normalized spacial score (nSPS) is 12.1. The van der Waals surface area contributed by atoms with Crippen LogP contribution in [-0.2, 0) is 11.3 Å². The van der Waals surface area contributed by atoms with Crippen molar-refractivity contribution in [3.63, 3.8) is 0 Å². The lowest BCUT2D eigenvalue weighted by Gasteiger charge is -2.14. The molecule has 2 aromatic heterocycles. The first kappa shape index (κ1) is 19.2. The van der Waals surface area contributed by atoms with Crippen molar-refractivity contribution in [1.82, 2.24) is 20.1 Å². The van der Waals surface area contributed by atoms with Gasteiger partial charge in [0.05, 0.1) is 23.6 Å². The topological polar surface area (TPSA) is 73.0 Å². The number of rotatable bonds is 8. The number of furan rings is 1. The van der Waals surface area contributed by atoms with E-state index < -0.39 is 0 Å². The number of nitrogens with zero attached hydrogens (tertiary/aromatic N) is 3. The molecule has 0 fully saturated rings. The average molecular weight is 385 g/mol. The summed E-state index contributed by atoms with van der Waals surface area (Å²) in [5, 5.41) is 12.4. The zero-order valence-corrected chi connectivity index (χ0v) is 16.6. The van der Waals surface area contributed by atoms with Crippen LogP contribution in [-0.4, -0.2) is 26.4 Å². The molecular formula is C20H24N4O2S. The largest absolute Gasteiger partial charge is 0.469 e. The Labute approximate surface area is 163 Å². The SMILES string of the molecule is CCCn1c(SCC(=O)NC(C)c2ccccc2)nnc1-c1ccoc1C. The second kappa shape index (κ2) is 8.90. The Kier molecular flexibility index (Phi) is 6.34. The summed E-state index contributed by atoms with van der Waals surface area (Å²) >= 11 is 1.40. The van der Waals surface area contributed by atoms with Crippen LogP contribution in [0.5, 0.6) is 0 Å². The van der Waals surface area contributed by atoms with E-state index in [9.17, 15) is 4.79 Å². The van der Waals surface area contributed by atoms with Gasteiger partial charge in [0.25, 0.3) is 0 Å². The third kappa shape index (κ3) is 4.60. The summed E-state index contributed by atoms with van der Waals surface area (Å²) < 4.78 is 7.45. The molecule has 1 amide bonds. The van der Waals surface area contributed by atoms with Gasteiger partial charge in [-0.2, -0.15) is 0 Å². The van der Waals surface area contributed by atoms with Crippen molar-refractivity contribution in [2.75, 3.05) is 5.75 Å². The van der Waals surface area contributed by atoms with Gasteiger partial charge in [-0.25, -0.2) is 0 Å². The van der Waals surface area contributed by atoms with Crippen LogP contribution in [0.3, 0.4) is 0 Å². The van der Waals surface area contributed by atoms with Gasteiger partial charge in [0.1, 0.15) is 5.76 Å². The quantitative estimate of drug-likeness (QED) is 0.589. The van der Waals surface area contributed by atoms with Crippen molar-refractivity contribution < 1.29 is 9.21 Å². The van der Waals surface area contributed by atoms with E-state index in [1.54, 1.807) is 6.26 Å². The van der Waals surface area contributed by atoms with Gasteiger partial charge in [0, 0.05) is 6.54 Å². The van der Waals surface area contributed by atoms with E-state index in [-0.39, 0.29) is 11.9 Å². The van der Waals surface area contributed by atoms with Crippen LogP contribution in [0, 0.1) is 6.92 Å². The predicted octanol–water partition coefficient (Wildman–Crippen LogP) is 4.23. The second-order valence-corrected chi connectivity index (χ2v) is 7.28. The Morgan fingerprint density at radius 1 is 1.26 bits per heavy atom. The van der Waals surface area contributed by atoms with Gasteiger partial charge in [-0.05, 0) is 31.9 Å². The number of aromatic nitrogens is 3. The molecule has 0 aliphatic carbocycles. The van der Waals surface area contributed by atoms with E-state index >= 15 is 0 Å². The number of carbonyl (C=O) groups is 1. The minimum atomic E-state index is -0.0306. The van der Waals surface area contributed by atoms with Crippen LogP contribution < -0.4 is 5.32 Å². The number of amides is 1. The summed E-state index contributed by atoms with van der Waals surface area (Å²) in [7, 11) is 0. The van der Waals surface area contributed by atoms with Gasteiger partial charge in [-0.1, -0.05) is 49.0 Å². The molecule has 0 spiro atoms. The molecule has 6 nitrogen and oxygen atoms in total. The highest BCUT2D eigenvalue weighted by Crippen LogP contribution is 2.27. The molecule has 1 N–H and O–H groups in total. The molecule has 1 unspecified atom stereocenters. The second-order valence-electron chi connectivity index (χ2n) is 6.34. The Morgan fingerprint density at radius 2 is 2.04 bits per heavy atom. The van der Waals surface area contributed by atoms with Gasteiger partial charge >= 0.3 is 0 Å². The molecular weight excluding hydrogens is 360 g/mol. The van der Waals surface area contributed by atoms with Gasteiger partial charge in [-0.15, -0.1) is 10.2 Å². The Bertz CT molecular complexity index is 889. The summed E-state index contributed by atoms with van der Waals surface area (Å²) in [4.78, 5) is 12.4. The van der Waals surface area contributed by atoms with E-state index in [4.69, 9.17) is 4.42 Å². The number of nitrogens with one attached hydrogen (secondary N) is 1. The highest BCUT2D eigenvalue weighted by atomic mass is 32.2. The summed E-state index contributed by atoms with van der Waals surface area (Å²) in [6.45, 7) is 6.79. The standard InChI is InChI=1S/C20H24N4O2S/c1-4-11-24-19(17-10-12-26-15(17)3)22-23-20(24)27-13-18(25)21-14(2)16-8-6-5-7-9-16/h5-10,12,14H,4,11,13H2,1-3H3,(H,21,25). The van der Waals surface area contributed by atoms with E-state index in [2.05, 4.69) is 27.0 Å². The van der Waals surface area contributed by atoms with Crippen molar-refractivity contribution >= 4 is 17.7 Å². The number of benzene rings is 1. The average Bonchev–Trinajstić information content (AvgIpc) is 3.27. The number of carbonyl (C=O) groups excluding carboxylic acids is 1. The summed E-state index contributed by atoms with van der Waals surface area (Å²) in [5.41, 5.74) is 2.02. The minimum absolute atomic E-state index is 0.0246. The van der Waals surface area contributed by atoms with E-state index in [0.717, 1.165) is 40.8 Å². The van der Waals surface area contributed by atoms with Crippen LogP contribution in [0.15, 0.2) is 52.2 Å². The molecule has 0 saturated carbocycles. The van der Waals surface area contributed by atoms with Gasteiger partial charge in [0.15, 0.2) is 11.0 Å². The maximum Gasteiger partial charge on any atom is 0.230 e. The summed E-state index contributed by atoms with van der Waals surface area (Å²) in [5.74, 6) is 1.86. The number of hydrogen-bond donors (Lipinski definition) is 1. The van der Waals surface area contributed by atoms with Crippen LogP contribution >= 0.6 is 11.8 Å². The molecule has 0 aliphatic rings. The molecule has 0 bridgehead atoms. The fraction of sp³-hybridized carbons (Fsp3) is 0.350. The first-order chi connectivity index (χ1) is 13.1. The first-order valence-electron chi connectivity index (χ1n) is 9.05. The van der Waals surface area contributed by atoms with Crippen LogP contribution in [0.25, 0.3) is 11.4 Å². The Morgan fingerprint density at radius 3 is 2.70 bits per heavy atom. The van der Waals surface area contributed by atoms with Crippen LogP contribution in [0.2, 0.25) is 0 Å². The Balaban J connectivity index is 1.66. The molecule has 27 heavy (non-hydrogen) atoms. The highest BCUT2D eigenvalue weighted by Gasteiger charge is 2.18. The van der Waals surface area contributed by atoms with Crippen molar-refractivity contribution in [2.45, 2.75) is 44.9 Å². The van der Waals surface area contributed by atoms with Crippen molar-refractivity contribution in [2.24, 2.45) is 0 Å². The number of thioether (sulfide) groups is 1. The Hall–Kier alpha value is -2.54. The molecule has 7 heteroatoms. The van der Waals surface area contributed by atoms with Crippen LogP contribution in [0.4, 0.5) is 0 Å². The minimum Gasteiger partial charge on any atom is -0.469 e. The lowest BCUT2D eigenvalue weighted by atomic mass is 10.1. The van der Waals surface area contributed by atoms with Gasteiger partial charge < -0.3 is 14.3 Å². The molecule has 0 saturated heterocycles. The molecule has 3 rings (SSSR count). The van der Waals surface area contributed by atoms with Crippen LogP contribution in [0.1, 0.15) is 37.6 Å². The molecule has 2 heterocycles. The maximum atomic E-state index is 12.4. The zero-order valence-electron chi connectivity index (χ0n) is 15.8. The number of hydrogen-bond acceptors (Lipinski definition) is 5. The van der Waals surface area contributed by atoms with Crippen molar-refractivity contribution in [1.29, 1.82) is 0 Å². The van der Waals surface area contributed by atoms with Crippen molar-refractivity contribution in [3.05, 3.63) is 54.0 Å². The molecule has 3 aromatic rings. The van der Waals surface area contributed by atoms with E-state index in [0.29, 0.717) is 5.75 Å². The maximum absolute atomic E-state index is 12.4. The lowest BCUT2D eigenvalue weighted by molar-refractivity contribution is -0.119. The van der Waals surface area contributed by atoms with Gasteiger partial charge in [0.2, 0.25) is 5.91 Å². The lowest BCUT2D eigenvalue weighted by Crippen LogP contribution is -2.28. The highest BCUT2D eigenvalue weighted by molar-refractivity contribution is 7.99. The zero-order chi connectivity index (χ0) is 19.2. The molecule has 142 valence electrons. The number of aryl methyl sites for hydroxylation is 1.